The number of unbranched alkanes of at least 4 members (excludes halogenated alkanes) is 1. The maximum atomic E-state index is 10.4. The topological polar surface area (TPSA) is 101 Å². The second-order valence-corrected chi connectivity index (χ2v) is 4.50. The molecule has 0 aliphatic heterocycles. The van der Waals surface area contributed by atoms with Crippen molar-refractivity contribution in [3.05, 3.63) is 0 Å². The van der Waals surface area contributed by atoms with E-state index in [0.717, 1.165) is 45.2 Å². The zero-order valence-electron chi connectivity index (χ0n) is 10.8. The lowest BCUT2D eigenvalue weighted by atomic mass is 10.1. The minimum atomic E-state index is -0.918. The van der Waals surface area contributed by atoms with Gasteiger partial charge in [-0.3, -0.25) is 4.79 Å². The summed E-state index contributed by atoms with van der Waals surface area (Å²) in [5, 5.41) is 11.9. The van der Waals surface area contributed by atoms with Gasteiger partial charge in [0.1, 0.15) is 6.04 Å². The molecule has 0 saturated carbocycles. The van der Waals surface area contributed by atoms with Gasteiger partial charge >= 0.3 is 5.97 Å². The molecule has 0 aromatic carbocycles. The summed E-state index contributed by atoms with van der Waals surface area (Å²) in [5.74, 6) is -0.918. The first kappa shape index (κ1) is 16.4. The van der Waals surface area contributed by atoms with Crippen LogP contribution in [0.15, 0.2) is 0 Å². The number of carboxylic acids is 1. The lowest BCUT2D eigenvalue weighted by Gasteiger charge is -2.09. The summed E-state index contributed by atoms with van der Waals surface area (Å²) < 4.78 is 0. The van der Waals surface area contributed by atoms with E-state index in [1.165, 1.54) is 0 Å². The van der Waals surface area contributed by atoms with E-state index in [0.29, 0.717) is 12.5 Å². The maximum absolute atomic E-state index is 10.4. The highest BCUT2D eigenvalue weighted by atomic mass is 16.4. The minimum absolute atomic E-state index is 0.337. The van der Waals surface area contributed by atoms with Gasteiger partial charge in [0, 0.05) is 6.04 Å². The van der Waals surface area contributed by atoms with E-state index in [1.807, 2.05) is 0 Å². The largest absolute Gasteiger partial charge is 0.480 e. The fraction of sp³-hybridized carbons (Fsp3) is 0.917. The van der Waals surface area contributed by atoms with Gasteiger partial charge < -0.3 is 21.9 Å². The highest BCUT2D eigenvalue weighted by Gasteiger charge is 2.09. The van der Waals surface area contributed by atoms with Crippen LogP contribution in [-0.2, 0) is 4.79 Å². The number of carboxylic acid groups (broad SMARTS) is 1. The molecule has 0 bridgehead atoms. The standard InChI is InChI=1S/C12H27N3O2/c1-2-10(13)6-3-4-8-15-9-5-7-11(14)12(16)17/h10-11,15H,2-9,13-14H2,1H3,(H,16,17)/t10?,11-/m0/s1. The van der Waals surface area contributed by atoms with Crippen molar-refractivity contribution in [1.82, 2.24) is 5.32 Å². The average molecular weight is 245 g/mol. The van der Waals surface area contributed by atoms with Crippen molar-refractivity contribution < 1.29 is 9.90 Å². The first-order valence-electron chi connectivity index (χ1n) is 6.52. The summed E-state index contributed by atoms with van der Waals surface area (Å²) in [5.41, 5.74) is 11.2. The molecular weight excluding hydrogens is 218 g/mol. The van der Waals surface area contributed by atoms with E-state index < -0.39 is 12.0 Å². The molecule has 2 atom stereocenters. The Labute approximate surface area is 104 Å². The van der Waals surface area contributed by atoms with E-state index >= 15 is 0 Å². The second-order valence-electron chi connectivity index (χ2n) is 4.50. The summed E-state index contributed by atoms with van der Waals surface area (Å²) in [6, 6.07) is -0.386. The van der Waals surface area contributed by atoms with Crippen LogP contribution in [-0.4, -0.2) is 36.2 Å². The fourth-order valence-electron chi connectivity index (χ4n) is 1.56. The summed E-state index contributed by atoms with van der Waals surface area (Å²) in [6.45, 7) is 3.91. The number of nitrogens with one attached hydrogen (secondary N) is 1. The van der Waals surface area contributed by atoms with Crippen LogP contribution in [0.3, 0.4) is 0 Å². The van der Waals surface area contributed by atoms with E-state index in [1.54, 1.807) is 0 Å². The van der Waals surface area contributed by atoms with Crippen LogP contribution in [0.25, 0.3) is 0 Å². The third-order valence-corrected chi connectivity index (χ3v) is 2.89. The van der Waals surface area contributed by atoms with Crippen molar-refractivity contribution in [2.45, 2.75) is 57.5 Å². The van der Waals surface area contributed by atoms with E-state index in [2.05, 4.69) is 12.2 Å². The molecule has 0 radical (unpaired) electrons. The molecule has 0 aliphatic rings. The van der Waals surface area contributed by atoms with E-state index in [9.17, 15) is 4.79 Å². The highest BCUT2D eigenvalue weighted by Crippen LogP contribution is 2.01. The van der Waals surface area contributed by atoms with Gasteiger partial charge in [-0.1, -0.05) is 13.3 Å². The van der Waals surface area contributed by atoms with Crippen molar-refractivity contribution >= 4 is 5.97 Å². The maximum Gasteiger partial charge on any atom is 0.320 e. The van der Waals surface area contributed by atoms with Crippen LogP contribution in [0.5, 0.6) is 0 Å². The monoisotopic (exact) mass is 245 g/mol. The van der Waals surface area contributed by atoms with Gasteiger partial charge in [0.2, 0.25) is 0 Å². The number of hydrogen-bond acceptors (Lipinski definition) is 4. The van der Waals surface area contributed by atoms with Gasteiger partial charge in [-0.2, -0.15) is 0 Å². The molecule has 0 amide bonds. The van der Waals surface area contributed by atoms with E-state index in [-0.39, 0.29) is 0 Å². The van der Waals surface area contributed by atoms with Crippen LogP contribution in [0.1, 0.15) is 45.4 Å². The molecule has 0 aromatic rings. The molecule has 0 spiro atoms. The van der Waals surface area contributed by atoms with Crippen molar-refractivity contribution in [2.75, 3.05) is 13.1 Å². The Kier molecular flexibility index (Phi) is 10.1. The summed E-state index contributed by atoms with van der Waals surface area (Å²) in [6.07, 6.45) is 5.74. The van der Waals surface area contributed by atoms with Crippen LogP contribution in [0, 0.1) is 0 Å². The van der Waals surface area contributed by atoms with Gasteiger partial charge in [-0.25, -0.2) is 0 Å². The molecular formula is C12H27N3O2. The second kappa shape index (κ2) is 10.5. The number of rotatable bonds is 11. The molecule has 0 heterocycles. The van der Waals surface area contributed by atoms with Gasteiger partial charge in [-0.15, -0.1) is 0 Å². The number of carbonyl (C=O) groups is 1. The third-order valence-electron chi connectivity index (χ3n) is 2.89. The molecule has 6 N–H and O–H groups in total. The SMILES string of the molecule is CCC(N)CCCCNCCC[C@H](N)C(=O)O. The first-order chi connectivity index (χ1) is 8.07. The quantitative estimate of drug-likeness (QED) is 0.401. The Hall–Kier alpha value is -0.650. The average Bonchev–Trinajstić information content (AvgIpc) is 2.31. The molecule has 0 fully saturated rings. The number of aliphatic carboxylic acids is 1. The van der Waals surface area contributed by atoms with Crippen molar-refractivity contribution in [3.63, 3.8) is 0 Å². The van der Waals surface area contributed by atoms with Crippen molar-refractivity contribution in [3.8, 4) is 0 Å². The lowest BCUT2D eigenvalue weighted by Crippen LogP contribution is -2.31. The Bertz CT molecular complexity index is 200. The van der Waals surface area contributed by atoms with Gasteiger partial charge in [0.15, 0.2) is 0 Å². The van der Waals surface area contributed by atoms with Crippen LogP contribution < -0.4 is 16.8 Å². The number of hydrogen-bond donors (Lipinski definition) is 4. The highest BCUT2D eigenvalue weighted by molar-refractivity contribution is 5.72. The minimum Gasteiger partial charge on any atom is -0.480 e. The summed E-state index contributed by atoms with van der Waals surface area (Å²) in [7, 11) is 0. The molecule has 0 aliphatic carbocycles. The summed E-state index contributed by atoms with van der Waals surface area (Å²) in [4.78, 5) is 10.4. The summed E-state index contributed by atoms with van der Waals surface area (Å²) >= 11 is 0. The Balaban J connectivity index is 3.16. The van der Waals surface area contributed by atoms with E-state index in [4.69, 9.17) is 16.6 Å². The Morgan fingerprint density at radius 3 is 2.41 bits per heavy atom. The molecule has 0 aromatic heterocycles. The lowest BCUT2D eigenvalue weighted by molar-refractivity contribution is -0.138. The number of nitrogens with two attached hydrogens (primary N) is 2. The predicted molar refractivity (Wildman–Crippen MR) is 69.8 cm³/mol. The van der Waals surface area contributed by atoms with Crippen molar-refractivity contribution in [1.29, 1.82) is 0 Å². The van der Waals surface area contributed by atoms with Crippen molar-refractivity contribution in [2.24, 2.45) is 11.5 Å². The Morgan fingerprint density at radius 1 is 1.18 bits per heavy atom. The molecule has 5 nitrogen and oxygen atoms in total. The van der Waals surface area contributed by atoms with Gasteiger partial charge in [-0.05, 0) is 45.2 Å². The molecule has 1 unspecified atom stereocenters. The molecule has 17 heavy (non-hydrogen) atoms. The molecule has 0 rings (SSSR count). The van der Waals surface area contributed by atoms with Gasteiger partial charge in [0.05, 0.1) is 0 Å². The third kappa shape index (κ3) is 10.2. The fourth-order valence-corrected chi connectivity index (χ4v) is 1.56. The predicted octanol–water partition coefficient (Wildman–Crippen LogP) is 0.676. The smallest absolute Gasteiger partial charge is 0.320 e. The zero-order valence-corrected chi connectivity index (χ0v) is 10.8. The van der Waals surface area contributed by atoms with Crippen LogP contribution in [0.4, 0.5) is 0 Å². The van der Waals surface area contributed by atoms with Crippen LogP contribution >= 0.6 is 0 Å². The normalized spacial score (nSPS) is 14.5. The molecule has 5 heteroatoms. The Morgan fingerprint density at radius 2 is 1.82 bits per heavy atom. The van der Waals surface area contributed by atoms with Gasteiger partial charge in [0.25, 0.3) is 0 Å². The zero-order chi connectivity index (χ0) is 13.1. The van der Waals surface area contributed by atoms with Crippen LogP contribution in [0.2, 0.25) is 0 Å². The molecule has 102 valence electrons. The molecule has 0 saturated heterocycles. The first-order valence-corrected chi connectivity index (χ1v) is 6.52.